The lowest BCUT2D eigenvalue weighted by Gasteiger charge is -2.05. The number of ether oxygens (including phenoxy) is 1. The highest BCUT2D eigenvalue weighted by atomic mass is 35.5. The third kappa shape index (κ3) is 2.50. The number of aromatic nitrogens is 3. The van der Waals surface area contributed by atoms with Gasteiger partial charge in [-0.05, 0) is 42.3 Å². The molecule has 0 spiro atoms. The van der Waals surface area contributed by atoms with Crippen LogP contribution in [-0.2, 0) is 0 Å². The van der Waals surface area contributed by atoms with Crippen molar-refractivity contribution in [1.29, 1.82) is 0 Å². The van der Waals surface area contributed by atoms with Crippen LogP contribution in [0.5, 0.6) is 6.01 Å². The van der Waals surface area contributed by atoms with Crippen molar-refractivity contribution in [3.63, 3.8) is 0 Å². The van der Waals surface area contributed by atoms with Gasteiger partial charge in [0.2, 0.25) is 5.28 Å². The Morgan fingerprint density at radius 3 is 2.65 bits per heavy atom. The molecule has 0 aliphatic heterocycles. The predicted octanol–water partition coefficient (Wildman–Crippen LogP) is 2.65. The topological polar surface area (TPSA) is 47.9 Å². The van der Waals surface area contributed by atoms with Crippen LogP contribution in [0.4, 0.5) is 4.39 Å². The first-order valence-electron chi connectivity index (χ1n) is 4.82. The van der Waals surface area contributed by atoms with Crippen LogP contribution in [0.3, 0.4) is 0 Å². The Morgan fingerprint density at radius 1 is 1.24 bits per heavy atom. The smallest absolute Gasteiger partial charge is 0.321 e. The molecule has 1 aromatic carbocycles. The van der Waals surface area contributed by atoms with Crippen LogP contribution in [0.1, 0.15) is 5.56 Å². The van der Waals surface area contributed by atoms with Gasteiger partial charge in [0.1, 0.15) is 5.82 Å². The minimum absolute atomic E-state index is 0.0376. The number of hydrogen-bond donors (Lipinski definition) is 0. The maximum atomic E-state index is 13.0. The van der Waals surface area contributed by atoms with Crippen LogP contribution in [0.15, 0.2) is 18.2 Å². The summed E-state index contributed by atoms with van der Waals surface area (Å²) >= 11 is 5.75. The van der Waals surface area contributed by atoms with E-state index in [2.05, 4.69) is 15.0 Å². The molecule has 0 fully saturated rings. The fourth-order valence-corrected chi connectivity index (χ4v) is 1.57. The molecular weight excluding hydrogens is 245 g/mol. The van der Waals surface area contributed by atoms with Crippen LogP contribution in [-0.4, -0.2) is 22.1 Å². The Balaban J connectivity index is 2.55. The Labute approximate surface area is 102 Å². The van der Waals surface area contributed by atoms with Gasteiger partial charge in [-0.25, -0.2) is 4.39 Å². The highest BCUT2D eigenvalue weighted by Gasteiger charge is 2.10. The summed E-state index contributed by atoms with van der Waals surface area (Å²) in [5.41, 5.74) is 1.41. The molecule has 1 heterocycles. The summed E-state index contributed by atoms with van der Waals surface area (Å²) in [4.78, 5) is 11.8. The lowest BCUT2D eigenvalue weighted by atomic mass is 10.1. The quantitative estimate of drug-likeness (QED) is 0.826. The lowest BCUT2D eigenvalue weighted by Crippen LogP contribution is -1.99. The van der Waals surface area contributed by atoms with Crippen LogP contribution < -0.4 is 4.74 Å². The van der Waals surface area contributed by atoms with E-state index in [0.29, 0.717) is 17.0 Å². The second-order valence-electron chi connectivity index (χ2n) is 3.37. The van der Waals surface area contributed by atoms with Crippen molar-refractivity contribution in [2.24, 2.45) is 0 Å². The van der Waals surface area contributed by atoms with E-state index < -0.39 is 0 Å². The van der Waals surface area contributed by atoms with Crippen molar-refractivity contribution in [1.82, 2.24) is 15.0 Å². The van der Waals surface area contributed by atoms with E-state index in [4.69, 9.17) is 16.3 Å². The Kier molecular flexibility index (Phi) is 3.19. The van der Waals surface area contributed by atoms with Gasteiger partial charge in [0.25, 0.3) is 0 Å². The molecule has 0 N–H and O–H groups in total. The number of nitrogens with zero attached hydrogens (tertiary/aromatic N) is 3. The molecule has 4 nitrogen and oxygen atoms in total. The number of halogens is 2. The molecule has 0 atom stereocenters. The molecule has 0 aliphatic carbocycles. The van der Waals surface area contributed by atoms with Crippen LogP contribution in [0.25, 0.3) is 11.4 Å². The van der Waals surface area contributed by atoms with Gasteiger partial charge in [0.05, 0.1) is 7.11 Å². The molecule has 0 amide bonds. The van der Waals surface area contributed by atoms with E-state index in [1.54, 1.807) is 13.0 Å². The van der Waals surface area contributed by atoms with Gasteiger partial charge in [0.15, 0.2) is 5.82 Å². The van der Waals surface area contributed by atoms with Crippen LogP contribution >= 0.6 is 11.6 Å². The molecule has 0 unspecified atom stereocenters. The van der Waals surface area contributed by atoms with E-state index >= 15 is 0 Å². The van der Waals surface area contributed by atoms with Gasteiger partial charge >= 0.3 is 6.01 Å². The molecular formula is C11H9ClFN3O. The van der Waals surface area contributed by atoms with E-state index in [1.165, 1.54) is 19.2 Å². The van der Waals surface area contributed by atoms with Gasteiger partial charge in [-0.15, -0.1) is 0 Å². The van der Waals surface area contributed by atoms with E-state index in [0.717, 1.165) is 0 Å². The van der Waals surface area contributed by atoms with Crippen LogP contribution in [0, 0.1) is 12.7 Å². The van der Waals surface area contributed by atoms with Crippen molar-refractivity contribution < 1.29 is 9.13 Å². The monoisotopic (exact) mass is 253 g/mol. The average molecular weight is 254 g/mol. The molecule has 0 radical (unpaired) electrons. The molecule has 0 saturated heterocycles. The second-order valence-corrected chi connectivity index (χ2v) is 3.71. The molecule has 2 aromatic rings. The summed E-state index contributed by atoms with van der Waals surface area (Å²) in [5, 5.41) is 0.0376. The summed E-state index contributed by atoms with van der Waals surface area (Å²) < 4.78 is 17.9. The maximum absolute atomic E-state index is 13.0. The summed E-state index contributed by atoms with van der Waals surface area (Å²) in [6.07, 6.45) is 0. The normalized spacial score (nSPS) is 10.4. The Morgan fingerprint density at radius 2 is 2.00 bits per heavy atom. The van der Waals surface area contributed by atoms with E-state index in [-0.39, 0.29) is 17.1 Å². The Hall–Kier alpha value is -1.75. The lowest BCUT2D eigenvalue weighted by molar-refractivity contribution is 0.379. The third-order valence-corrected chi connectivity index (χ3v) is 2.37. The zero-order valence-corrected chi connectivity index (χ0v) is 9.99. The van der Waals surface area contributed by atoms with Crippen molar-refractivity contribution >= 4 is 11.6 Å². The summed E-state index contributed by atoms with van der Waals surface area (Å²) in [6.45, 7) is 1.77. The minimum Gasteiger partial charge on any atom is -0.467 e. The maximum Gasteiger partial charge on any atom is 0.321 e. The van der Waals surface area contributed by atoms with Crippen molar-refractivity contribution in [3.05, 3.63) is 34.9 Å². The largest absolute Gasteiger partial charge is 0.467 e. The van der Waals surface area contributed by atoms with Crippen molar-refractivity contribution in [2.45, 2.75) is 6.92 Å². The molecule has 88 valence electrons. The third-order valence-electron chi connectivity index (χ3n) is 2.20. The molecule has 2 rings (SSSR count). The van der Waals surface area contributed by atoms with E-state index in [9.17, 15) is 4.39 Å². The van der Waals surface area contributed by atoms with Gasteiger partial charge in [0, 0.05) is 5.56 Å². The molecule has 0 bridgehead atoms. The second kappa shape index (κ2) is 4.63. The summed E-state index contributed by atoms with van der Waals surface area (Å²) in [5.74, 6) is 0.0534. The summed E-state index contributed by atoms with van der Waals surface area (Å²) in [6, 6.07) is 4.46. The molecule has 0 saturated carbocycles. The SMILES string of the molecule is COc1nc(Cl)nc(-c2ccc(F)cc2C)n1. The molecule has 0 aliphatic rings. The highest BCUT2D eigenvalue weighted by molar-refractivity contribution is 6.28. The van der Waals surface area contributed by atoms with Gasteiger partial charge < -0.3 is 4.74 Å². The van der Waals surface area contributed by atoms with Crippen molar-refractivity contribution in [2.75, 3.05) is 7.11 Å². The summed E-state index contributed by atoms with van der Waals surface area (Å²) in [7, 11) is 1.44. The molecule has 1 aromatic heterocycles. The average Bonchev–Trinajstić information content (AvgIpc) is 2.28. The van der Waals surface area contributed by atoms with Crippen molar-refractivity contribution in [3.8, 4) is 17.4 Å². The highest BCUT2D eigenvalue weighted by Crippen LogP contribution is 2.22. The van der Waals surface area contributed by atoms with Crippen LogP contribution in [0.2, 0.25) is 5.28 Å². The first-order valence-corrected chi connectivity index (χ1v) is 5.20. The first-order chi connectivity index (χ1) is 8.10. The number of rotatable bonds is 2. The van der Waals surface area contributed by atoms with E-state index in [1.807, 2.05) is 0 Å². The first kappa shape index (κ1) is 11.7. The number of methoxy groups -OCH3 is 1. The fourth-order valence-electron chi connectivity index (χ4n) is 1.42. The molecule has 17 heavy (non-hydrogen) atoms. The fraction of sp³-hybridized carbons (Fsp3) is 0.182. The standard InChI is InChI=1S/C11H9ClFN3O/c1-6-5-7(13)3-4-8(6)9-14-10(12)16-11(15-9)17-2/h3-5H,1-2H3. The van der Waals surface area contributed by atoms with Gasteiger partial charge in [-0.1, -0.05) is 0 Å². The van der Waals surface area contributed by atoms with Gasteiger partial charge in [-0.2, -0.15) is 15.0 Å². The Bertz CT molecular complexity index is 562. The predicted molar refractivity (Wildman–Crippen MR) is 61.5 cm³/mol. The number of aryl methyl sites for hydroxylation is 1. The number of hydrogen-bond acceptors (Lipinski definition) is 4. The zero-order valence-electron chi connectivity index (χ0n) is 9.24. The zero-order chi connectivity index (χ0) is 12.4. The molecule has 6 heteroatoms. The van der Waals surface area contributed by atoms with Gasteiger partial charge in [-0.3, -0.25) is 0 Å². The number of benzene rings is 1. The minimum atomic E-state index is -0.307.